The lowest BCUT2D eigenvalue weighted by Crippen LogP contribution is -2.25. The number of aromatic nitrogens is 2. The van der Waals surface area contributed by atoms with E-state index in [1.807, 2.05) is 12.1 Å². The summed E-state index contributed by atoms with van der Waals surface area (Å²) in [4.78, 5) is 4.88. The van der Waals surface area contributed by atoms with Gasteiger partial charge in [-0.05, 0) is 25.0 Å². The molecule has 0 unspecified atom stereocenters. The Morgan fingerprint density at radius 1 is 1.19 bits per heavy atom. The number of nitrogens with zero attached hydrogens (tertiary/aromatic N) is 2. The third-order valence-electron chi connectivity index (χ3n) is 4.73. The maximum Gasteiger partial charge on any atom is 0.147 e. The van der Waals surface area contributed by atoms with Crippen molar-refractivity contribution in [1.29, 1.82) is 0 Å². The molecule has 0 spiro atoms. The number of rotatable bonds is 2. The summed E-state index contributed by atoms with van der Waals surface area (Å²) in [5.41, 5.74) is 2.96. The molecule has 1 aliphatic heterocycles. The second-order valence-corrected chi connectivity index (χ2v) is 6.06. The molecule has 2 heterocycles. The highest BCUT2D eigenvalue weighted by Gasteiger charge is 2.28. The fourth-order valence-electron chi connectivity index (χ4n) is 3.69. The largest absolute Gasteiger partial charge is 0.311 e. The van der Waals surface area contributed by atoms with Crippen molar-refractivity contribution in [3.8, 4) is 5.69 Å². The molecule has 1 fully saturated rings. The molecule has 0 atom stereocenters. The van der Waals surface area contributed by atoms with E-state index in [1.165, 1.54) is 31.4 Å². The zero-order chi connectivity index (χ0) is 14.2. The Morgan fingerprint density at radius 2 is 2.00 bits per heavy atom. The lowest BCUT2D eigenvalue weighted by molar-refractivity contribution is 0.589. The molecule has 0 radical (unpaired) electrons. The maximum absolute atomic E-state index is 14.3. The highest BCUT2D eigenvalue weighted by atomic mass is 19.1. The highest BCUT2D eigenvalue weighted by Crippen LogP contribution is 2.36. The van der Waals surface area contributed by atoms with Gasteiger partial charge in [0.1, 0.15) is 11.6 Å². The summed E-state index contributed by atoms with van der Waals surface area (Å²) >= 11 is 0. The first-order chi connectivity index (χ1) is 10.3. The molecular formula is C17H20FN3. The SMILES string of the molecule is Fc1ccccc1-n1c(C2CCCC2)nc2c1CCNC2. The topological polar surface area (TPSA) is 29.9 Å². The van der Waals surface area contributed by atoms with Gasteiger partial charge in [-0.3, -0.25) is 4.57 Å². The van der Waals surface area contributed by atoms with Crippen LogP contribution in [0.5, 0.6) is 0 Å². The average molecular weight is 285 g/mol. The van der Waals surface area contributed by atoms with Crippen molar-refractivity contribution < 1.29 is 4.39 Å². The summed E-state index contributed by atoms with van der Waals surface area (Å²) in [5, 5.41) is 3.37. The van der Waals surface area contributed by atoms with Gasteiger partial charge in [-0.15, -0.1) is 0 Å². The molecule has 110 valence electrons. The van der Waals surface area contributed by atoms with Crippen LogP contribution in [-0.2, 0) is 13.0 Å². The monoisotopic (exact) mass is 285 g/mol. The van der Waals surface area contributed by atoms with Crippen LogP contribution < -0.4 is 5.32 Å². The van der Waals surface area contributed by atoms with Crippen molar-refractivity contribution in [2.45, 2.75) is 44.6 Å². The Kier molecular flexibility index (Phi) is 3.26. The molecular weight excluding hydrogens is 265 g/mol. The van der Waals surface area contributed by atoms with Crippen molar-refractivity contribution in [2.75, 3.05) is 6.54 Å². The van der Waals surface area contributed by atoms with E-state index in [2.05, 4.69) is 9.88 Å². The number of hydrogen-bond donors (Lipinski definition) is 1. The number of para-hydroxylation sites is 1. The van der Waals surface area contributed by atoms with Crippen molar-refractivity contribution in [3.63, 3.8) is 0 Å². The molecule has 2 aliphatic rings. The molecule has 3 nitrogen and oxygen atoms in total. The predicted octanol–water partition coefficient (Wildman–Crippen LogP) is 3.31. The Labute approximate surface area is 124 Å². The van der Waals surface area contributed by atoms with Crippen molar-refractivity contribution in [1.82, 2.24) is 14.9 Å². The van der Waals surface area contributed by atoms with Gasteiger partial charge in [-0.2, -0.15) is 0 Å². The van der Waals surface area contributed by atoms with Crippen LogP contribution in [0.4, 0.5) is 4.39 Å². The molecule has 21 heavy (non-hydrogen) atoms. The molecule has 1 aliphatic carbocycles. The van der Waals surface area contributed by atoms with Gasteiger partial charge in [-0.1, -0.05) is 25.0 Å². The molecule has 0 saturated heterocycles. The minimum atomic E-state index is -0.157. The minimum Gasteiger partial charge on any atom is -0.311 e. The number of benzene rings is 1. The van der Waals surface area contributed by atoms with Gasteiger partial charge in [0.25, 0.3) is 0 Å². The summed E-state index contributed by atoms with van der Waals surface area (Å²) in [5.74, 6) is 1.40. The smallest absolute Gasteiger partial charge is 0.147 e. The lowest BCUT2D eigenvalue weighted by atomic mass is 10.1. The average Bonchev–Trinajstić information content (AvgIpc) is 3.15. The van der Waals surface area contributed by atoms with Crippen molar-refractivity contribution in [2.24, 2.45) is 0 Å². The van der Waals surface area contributed by atoms with Gasteiger partial charge in [0.05, 0.1) is 11.4 Å². The molecule has 1 N–H and O–H groups in total. The summed E-state index contributed by atoms with van der Waals surface area (Å²) in [6.07, 6.45) is 5.80. The highest BCUT2D eigenvalue weighted by molar-refractivity contribution is 5.40. The summed E-state index contributed by atoms with van der Waals surface area (Å²) in [6.45, 7) is 1.74. The molecule has 0 amide bonds. The lowest BCUT2D eigenvalue weighted by Gasteiger charge is -2.18. The third kappa shape index (κ3) is 2.18. The van der Waals surface area contributed by atoms with Crippen LogP contribution in [0.2, 0.25) is 0 Å². The fraction of sp³-hybridized carbons (Fsp3) is 0.471. The molecule has 1 aromatic heterocycles. The van der Waals surface area contributed by atoms with E-state index >= 15 is 0 Å². The van der Waals surface area contributed by atoms with Crippen LogP contribution in [0.3, 0.4) is 0 Å². The Bertz CT molecular complexity index is 656. The van der Waals surface area contributed by atoms with Gasteiger partial charge < -0.3 is 5.32 Å². The first-order valence-corrected chi connectivity index (χ1v) is 7.90. The van der Waals surface area contributed by atoms with E-state index in [0.29, 0.717) is 11.6 Å². The first kappa shape index (κ1) is 13.0. The quantitative estimate of drug-likeness (QED) is 0.917. The third-order valence-corrected chi connectivity index (χ3v) is 4.73. The fourth-order valence-corrected chi connectivity index (χ4v) is 3.69. The number of nitrogens with one attached hydrogen (secondary N) is 1. The van der Waals surface area contributed by atoms with Crippen LogP contribution >= 0.6 is 0 Å². The summed E-state index contributed by atoms with van der Waals surface area (Å²) in [7, 11) is 0. The molecule has 4 rings (SSSR count). The van der Waals surface area contributed by atoms with E-state index in [0.717, 1.165) is 31.0 Å². The number of hydrogen-bond acceptors (Lipinski definition) is 2. The van der Waals surface area contributed by atoms with Gasteiger partial charge in [0, 0.05) is 31.1 Å². The Balaban J connectivity index is 1.90. The predicted molar refractivity (Wildman–Crippen MR) is 80.1 cm³/mol. The second kappa shape index (κ2) is 5.26. The van der Waals surface area contributed by atoms with Crippen LogP contribution in [0, 0.1) is 5.82 Å². The van der Waals surface area contributed by atoms with E-state index in [1.54, 1.807) is 12.1 Å². The molecule has 1 aromatic carbocycles. The van der Waals surface area contributed by atoms with E-state index < -0.39 is 0 Å². The molecule has 4 heteroatoms. The summed E-state index contributed by atoms with van der Waals surface area (Å²) < 4.78 is 16.4. The van der Waals surface area contributed by atoms with Crippen LogP contribution in [0.1, 0.15) is 48.8 Å². The number of imidazole rings is 1. The maximum atomic E-state index is 14.3. The standard InChI is InChI=1S/C17H20FN3/c18-13-7-3-4-8-15(13)21-16-9-10-19-11-14(16)20-17(21)12-5-1-2-6-12/h3-4,7-8,12,19H,1-2,5-6,9-11H2. The van der Waals surface area contributed by atoms with Gasteiger partial charge in [-0.25, -0.2) is 9.37 Å². The summed E-state index contributed by atoms with van der Waals surface area (Å²) in [6, 6.07) is 7.07. The number of fused-ring (bicyclic) bond motifs is 1. The molecule has 0 bridgehead atoms. The normalized spacial score (nSPS) is 18.9. The van der Waals surface area contributed by atoms with Crippen LogP contribution in [0.25, 0.3) is 5.69 Å². The van der Waals surface area contributed by atoms with Crippen molar-refractivity contribution >= 4 is 0 Å². The second-order valence-electron chi connectivity index (χ2n) is 6.06. The van der Waals surface area contributed by atoms with Crippen molar-refractivity contribution in [3.05, 3.63) is 47.3 Å². The molecule has 1 saturated carbocycles. The van der Waals surface area contributed by atoms with Gasteiger partial charge in [0.15, 0.2) is 0 Å². The van der Waals surface area contributed by atoms with E-state index in [-0.39, 0.29) is 5.82 Å². The van der Waals surface area contributed by atoms with E-state index in [4.69, 9.17) is 4.98 Å². The zero-order valence-corrected chi connectivity index (χ0v) is 12.1. The zero-order valence-electron chi connectivity index (χ0n) is 12.1. The first-order valence-electron chi connectivity index (χ1n) is 7.90. The number of halogens is 1. The Hall–Kier alpha value is -1.68. The Morgan fingerprint density at radius 3 is 2.81 bits per heavy atom. The minimum absolute atomic E-state index is 0.157. The van der Waals surface area contributed by atoms with Gasteiger partial charge in [0.2, 0.25) is 0 Å². The van der Waals surface area contributed by atoms with E-state index in [9.17, 15) is 4.39 Å². The van der Waals surface area contributed by atoms with Crippen LogP contribution in [-0.4, -0.2) is 16.1 Å². The molecule has 2 aromatic rings. The van der Waals surface area contributed by atoms with Crippen LogP contribution in [0.15, 0.2) is 24.3 Å². The van der Waals surface area contributed by atoms with Gasteiger partial charge >= 0.3 is 0 Å².